The van der Waals surface area contributed by atoms with Crippen molar-refractivity contribution in [3.05, 3.63) is 24.0 Å². The molecule has 7 heteroatoms. The zero-order chi connectivity index (χ0) is 13.8. The van der Waals surface area contributed by atoms with Crippen LogP contribution in [0.1, 0.15) is 19.5 Å². The van der Waals surface area contributed by atoms with E-state index >= 15 is 0 Å². The van der Waals surface area contributed by atoms with Crippen molar-refractivity contribution < 1.29 is 13.5 Å². The number of nitrogens with zero attached hydrogens (tertiary/aromatic N) is 2. The summed E-state index contributed by atoms with van der Waals surface area (Å²) < 4.78 is 26.3. The van der Waals surface area contributed by atoms with Gasteiger partial charge in [0, 0.05) is 12.2 Å². The maximum absolute atomic E-state index is 12.0. The van der Waals surface area contributed by atoms with Crippen molar-refractivity contribution in [1.82, 2.24) is 9.71 Å². The molecule has 1 unspecified atom stereocenters. The Bertz CT molecular complexity index is 532. The van der Waals surface area contributed by atoms with Crippen LogP contribution in [0.4, 0.5) is 0 Å². The highest BCUT2D eigenvalue weighted by atomic mass is 32.2. The summed E-state index contributed by atoms with van der Waals surface area (Å²) in [6.45, 7) is 3.33. The molecule has 1 rings (SSSR count). The van der Waals surface area contributed by atoms with Crippen LogP contribution in [0.25, 0.3) is 0 Å². The van der Waals surface area contributed by atoms with Crippen LogP contribution >= 0.6 is 0 Å². The van der Waals surface area contributed by atoms with Gasteiger partial charge in [-0.25, -0.2) is 18.1 Å². The zero-order valence-electron chi connectivity index (χ0n) is 10.2. The van der Waals surface area contributed by atoms with Gasteiger partial charge in [-0.3, -0.25) is 0 Å². The van der Waals surface area contributed by atoms with Gasteiger partial charge in [-0.2, -0.15) is 5.26 Å². The minimum atomic E-state index is -3.72. The van der Waals surface area contributed by atoms with Crippen LogP contribution in [0.3, 0.4) is 0 Å². The molecule has 0 amide bonds. The highest BCUT2D eigenvalue weighted by molar-refractivity contribution is 7.89. The molecule has 0 bridgehead atoms. The maximum atomic E-state index is 12.0. The van der Waals surface area contributed by atoms with Gasteiger partial charge >= 0.3 is 0 Å². The van der Waals surface area contributed by atoms with Gasteiger partial charge in [-0.05, 0) is 18.1 Å². The fourth-order valence-electron chi connectivity index (χ4n) is 1.26. The van der Waals surface area contributed by atoms with Gasteiger partial charge in [0.15, 0.2) is 0 Å². The van der Waals surface area contributed by atoms with Crippen LogP contribution in [-0.2, 0) is 10.0 Å². The molecule has 0 aromatic carbocycles. The number of rotatable bonds is 5. The molecule has 0 radical (unpaired) electrons. The quantitative estimate of drug-likeness (QED) is 0.797. The Morgan fingerprint density at radius 3 is 2.56 bits per heavy atom. The number of nitriles is 1. The molecule has 2 N–H and O–H groups in total. The fourth-order valence-corrected chi connectivity index (χ4v) is 2.58. The maximum Gasteiger partial charge on any atom is 0.242 e. The number of nitrogens with one attached hydrogen (secondary N) is 1. The lowest BCUT2D eigenvalue weighted by atomic mass is 10.1. The van der Waals surface area contributed by atoms with Crippen LogP contribution in [0.5, 0.6) is 0 Å². The van der Waals surface area contributed by atoms with E-state index in [1.807, 2.05) is 6.07 Å². The van der Waals surface area contributed by atoms with E-state index < -0.39 is 16.1 Å². The molecular weight excluding hydrogens is 254 g/mol. The summed E-state index contributed by atoms with van der Waals surface area (Å²) in [6.07, 6.45) is 1.12. The van der Waals surface area contributed by atoms with E-state index in [-0.39, 0.29) is 23.1 Å². The lowest BCUT2D eigenvalue weighted by Gasteiger charge is -2.19. The molecule has 0 aliphatic carbocycles. The van der Waals surface area contributed by atoms with Crippen LogP contribution in [0, 0.1) is 17.2 Å². The van der Waals surface area contributed by atoms with E-state index in [0.717, 1.165) is 6.20 Å². The molecule has 6 nitrogen and oxygen atoms in total. The minimum absolute atomic E-state index is 0.0272. The molecular formula is C11H15N3O3S. The second-order valence-corrected chi connectivity index (χ2v) is 5.86. The van der Waals surface area contributed by atoms with Crippen LogP contribution in [0.2, 0.25) is 0 Å². The van der Waals surface area contributed by atoms with Gasteiger partial charge in [0.05, 0.1) is 6.61 Å². The number of aromatic nitrogens is 1. The molecule has 0 spiro atoms. The zero-order valence-corrected chi connectivity index (χ0v) is 11.0. The third-order valence-corrected chi connectivity index (χ3v) is 3.94. The largest absolute Gasteiger partial charge is 0.395 e. The lowest BCUT2D eigenvalue weighted by molar-refractivity contribution is 0.227. The van der Waals surface area contributed by atoms with E-state index in [1.54, 1.807) is 13.8 Å². The molecule has 98 valence electrons. The molecule has 0 saturated heterocycles. The van der Waals surface area contributed by atoms with Crippen molar-refractivity contribution >= 4 is 10.0 Å². The Morgan fingerprint density at radius 1 is 1.50 bits per heavy atom. The topological polar surface area (TPSA) is 103 Å². The average molecular weight is 269 g/mol. The number of hydrogen-bond acceptors (Lipinski definition) is 5. The number of aliphatic hydroxyl groups is 1. The van der Waals surface area contributed by atoms with Crippen molar-refractivity contribution in [3.8, 4) is 6.07 Å². The van der Waals surface area contributed by atoms with Crippen molar-refractivity contribution in [3.63, 3.8) is 0 Å². The molecule has 0 aliphatic rings. The molecule has 1 aromatic heterocycles. The Morgan fingerprint density at radius 2 is 2.17 bits per heavy atom. The number of sulfonamides is 1. The van der Waals surface area contributed by atoms with Gasteiger partial charge in [0.1, 0.15) is 16.7 Å². The summed E-state index contributed by atoms with van der Waals surface area (Å²) in [6, 6.07) is 3.90. The number of aliphatic hydroxyl groups excluding tert-OH is 1. The molecule has 0 fully saturated rings. The predicted molar refractivity (Wildman–Crippen MR) is 65.0 cm³/mol. The second-order valence-electron chi connectivity index (χ2n) is 4.15. The van der Waals surface area contributed by atoms with Gasteiger partial charge in [-0.1, -0.05) is 13.8 Å². The minimum Gasteiger partial charge on any atom is -0.395 e. The summed E-state index contributed by atoms with van der Waals surface area (Å²) in [7, 11) is -3.72. The van der Waals surface area contributed by atoms with Crippen molar-refractivity contribution in [2.75, 3.05) is 6.61 Å². The van der Waals surface area contributed by atoms with Gasteiger partial charge in [0.2, 0.25) is 10.0 Å². The van der Waals surface area contributed by atoms with Gasteiger partial charge < -0.3 is 5.11 Å². The highest BCUT2D eigenvalue weighted by Crippen LogP contribution is 2.10. The molecule has 0 saturated carbocycles. The molecule has 1 atom stereocenters. The molecule has 1 heterocycles. The van der Waals surface area contributed by atoms with E-state index in [2.05, 4.69) is 9.71 Å². The van der Waals surface area contributed by atoms with E-state index in [0.29, 0.717) is 0 Å². The monoisotopic (exact) mass is 269 g/mol. The molecule has 0 aliphatic heterocycles. The van der Waals surface area contributed by atoms with E-state index in [4.69, 9.17) is 10.4 Å². The Balaban J connectivity index is 2.96. The summed E-state index contributed by atoms with van der Waals surface area (Å²) in [5.41, 5.74) is 0.150. The van der Waals surface area contributed by atoms with Crippen LogP contribution < -0.4 is 4.72 Å². The van der Waals surface area contributed by atoms with Crippen molar-refractivity contribution in [2.24, 2.45) is 5.92 Å². The first-order valence-corrected chi connectivity index (χ1v) is 6.88. The first kappa shape index (κ1) is 14.6. The SMILES string of the molecule is CC(C)C(CO)NS(=O)(=O)c1ccc(C#N)nc1. The predicted octanol–water partition coefficient (Wildman–Crippen LogP) is 0.248. The van der Waals surface area contributed by atoms with Crippen LogP contribution in [-0.4, -0.2) is 31.2 Å². The Hall–Kier alpha value is -1.49. The van der Waals surface area contributed by atoms with E-state index in [1.165, 1.54) is 12.1 Å². The van der Waals surface area contributed by atoms with Crippen LogP contribution in [0.15, 0.2) is 23.2 Å². The van der Waals surface area contributed by atoms with Gasteiger partial charge in [-0.15, -0.1) is 0 Å². The molecule has 1 aromatic rings. The summed E-state index contributed by atoms with van der Waals surface area (Å²) >= 11 is 0. The number of pyridine rings is 1. The highest BCUT2D eigenvalue weighted by Gasteiger charge is 2.22. The summed E-state index contributed by atoms with van der Waals surface area (Å²) in [4.78, 5) is 3.67. The first-order chi connectivity index (χ1) is 8.40. The van der Waals surface area contributed by atoms with Gasteiger partial charge in [0.25, 0.3) is 0 Å². The van der Waals surface area contributed by atoms with Crippen molar-refractivity contribution in [1.29, 1.82) is 5.26 Å². The first-order valence-electron chi connectivity index (χ1n) is 5.40. The summed E-state index contributed by atoms with van der Waals surface area (Å²) in [5.74, 6) is -0.0314. The Labute approximate surface area is 106 Å². The fraction of sp³-hybridized carbons (Fsp3) is 0.455. The lowest BCUT2D eigenvalue weighted by Crippen LogP contribution is -2.41. The number of hydrogen-bond donors (Lipinski definition) is 2. The molecule has 18 heavy (non-hydrogen) atoms. The third kappa shape index (κ3) is 3.50. The Kier molecular flexibility index (Phi) is 4.78. The average Bonchev–Trinajstić information content (AvgIpc) is 2.35. The smallest absolute Gasteiger partial charge is 0.242 e. The second kappa shape index (κ2) is 5.91. The third-order valence-electron chi connectivity index (χ3n) is 2.47. The van der Waals surface area contributed by atoms with Crippen molar-refractivity contribution in [2.45, 2.75) is 24.8 Å². The standard InChI is InChI=1S/C11H15N3O3S/c1-8(2)11(7-15)14-18(16,17)10-4-3-9(5-12)13-6-10/h3-4,6,8,11,14-15H,7H2,1-2H3. The normalized spacial score (nSPS) is 13.3. The van der Waals surface area contributed by atoms with E-state index in [9.17, 15) is 8.42 Å². The summed E-state index contributed by atoms with van der Waals surface area (Å²) in [5, 5.41) is 17.7.